The summed E-state index contributed by atoms with van der Waals surface area (Å²) in [6.07, 6.45) is 23.5. The maximum absolute atomic E-state index is 5.48. The maximum atomic E-state index is 5.48. The quantitative estimate of drug-likeness (QED) is 0.518. The van der Waals surface area contributed by atoms with Gasteiger partial charge in [0.15, 0.2) is 0 Å². The molecule has 3 aliphatic carbocycles. The lowest BCUT2D eigenvalue weighted by Crippen LogP contribution is -2.03. The molecule has 2 saturated carbocycles. The van der Waals surface area contributed by atoms with E-state index < -0.39 is 0 Å². The molecule has 0 heteroatoms. The lowest BCUT2D eigenvalue weighted by atomic mass is 9.92. The van der Waals surface area contributed by atoms with Gasteiger partial charge in [-0.05, 0) is 18.4 Å². The SMILES string of the molecule is C#CC(C#C)=C1C23C=CC=CC12CCC3. The van der Waals surface area contributed by atoms with Crippen LogP contribution in [0, 0.1) is 35.5 Å². The van der Waals surface area contributed by atoms with E-state index in [1.54, 1.807) is 0 Å². The van der Waals surface area contributed by atoms with E-state index >= 15 is 0 Å². The lowest BCUT2D eigenvalue weighted by molar-refractivity contribution is 0.552. The highest BCUT2D eigenvalue weighted by molar-refractivity contribution is 5.67. The van der Waals surface area contributed by atoms with E-state index in [9.17, 15) is 0 Å². The molecule has 0 bridgehead atoms. The zero-order valence-electron chi connectivity index (χ0n) is 8.59. The Hall–Kier alpha value is -1.66. The summed E-state index contributed by atoms with van der Waals surface area (Å²) in [5.74, 6) is 5.33. The third-order valence-electron chi connectivity index (χ3n) is 4.18. The minimum atomic E-state index is 0.204. The van der Waals surface area contributed by atoms with Crippen molar-refractivity contribution in [1.82, 2.24) is 0 Å². The van der Waals surface area contributed by atoms with Gasteiger partial charge in [-0.2, -0.15) is 0 Å². The zero-order valence-corrected chi connectivity index (χ0v) is 8.59. The van der Waals surface area contributed by atoms with Crippen LogP contribution in [0.25, 0.3) is 0 Å². The van der Waals surface area contributed by atoms with Gasteiger partial charge in [0.1, 0.15) is 0 Å². The van der Waals surface area contributed by atoms with E-state index in [4.69, 9.17) is 12.8 Å². The molecule has 0 aromatic carbocycles. The Balaban J connectivity index is 2.24. The molecule has 0 radical (unpaired) electrons. The Morgan fingerprint density at radius 1 is 1.07 bits per heavy atom. The summed E-state index contributed by atoms with van der Waals surface area (Å²) in [6.45, 7) is 0. The summed E-state index contributed by atoms with van der Waals surface area (Å²) in [7, 11) is 0. The van der Waals surface area contributed by atoms with Crippen molar-refractivity contribution in [3.05, 3.63) is 35.5 Å². The van der Waals surface area contributed by atoms with Gasteiger partial charge in [0.05, 0.1) is 5.57 Å². The van der Waals surface area contributed by atoms with Crippen LogP contribution in [0.15, 0.2) is 35.5 Å². The number of hydrogen-bond donors (Lipinski definition) is 0. The van der Waals surface area contributed by atoms with Crippen molar-refractivity contribution in [1.29, 1.82) is 0 Å². The molecule has 0 amide bonds. The molecule has 15 heavy (non-hydrogen) atoms. The second kappa shape index (κ2) is 2.47. The first-order valence-corrected chi connectivity index (χ1v) is 5.36. The van der Waals surface area contributed by atoms with Crippen molar-refractivity contribution in [2.45, 2.75) is 19.3 Å². The minimum absolute atomic E-state index is 0.204. The minimum Gasteiger partial charge on any atom is -0.114 e. The van der Waals surface area contributed by atoms with Gasteiger partial charge >= 0.3 is 0 Å². The zero-order chi connectivity index (χ0) is 10.5. The first kappa shape index (κ1) is 8.63. The van der Waals surface area contributed by atoms with Gasteiger partial charge in [-0.25, -0.2) is 0 Å². The average Bonchev–Trinajstić information content (AvgIpc) is 2.66. The Morgan fingerprint density at radius 2 is 1.60 bits per heavy atom. The summed E-state index contributed by atoms with van der Waals surface area (Å²) in [4.78, 5) is 0. The fraction of sp³-hybridized carbons (Fsp3) is 0.333. The normalized spacial score (nSPS) is 38.9. The topological polar surface area (TPSA) is 0 Å². The van der Waals surface area contributed by atoms with Gasteiger partial charge in [0, 0.05) is 10.8 Å². The van der Waals surface area contributed by atoms with Crippen molar-refractivity contribution < 1.29 is 0 Å². The van der Waals surface area contributed by atoms with E-state index in [1.807, 2.05) is 0 Å². The number of allylic oxidation sites excluding steroid dienone is 6. The standard InChI is InChI=1S/C15H12/c1-3-12(4-2)13-14-8-5-6-9-15(13,14)11-7-10-14/h1-2,5-6,8-9H,7,10-11H2. The molecular weight excluding hydrogens is 180 g/mol. The first-order valence-electron chi connectivity index (χ1n) is 5.36. The molecule has 0 heterocycles. The summed E-state index contributed by atoms with van der Waals surface area (Å²) in [5, 5.41) is 0. The Labute approximate surface area is 90.8 Å². The van der Waals surface area contributed by atoms with Crippen molar-refractivity contribution in [2.24, 2.45) is 10.8 Å². The fourth-order valence-corrected chi connectivity index (χ4v) is 3.60. The van der Waals surface area contributed by atoms with Crippen LogP contribution in [-0.4, -0.2) is 0 Å². The van der Waals surface area contributed by atoms with Gasteiger partial charge in [-0.1, -0.05) is 42.6 Å². The fourth-order valence-electron chi connectivity index (χ4n) is 3.60. The predicted molar refractivity (Wildman–Crippen MR) is 61.7 cm³/mol. The monoisotopic (exact) mass is 192 g/mol. The molecule has 0 aromatic heterocycles. The highest BCUT2D eigenvalue weighted by Crippen LogP contribution is 2.80. The number of rotatable bonds is 0. The predicted octanol–water partition coefficient (Wildman–Crippen LogP) is 2.85. The smallest absolute Gasteiger partial charge is 0.0749 e. The van der Waals surface area contributed by atoms with Crippen molar-refractivity contribution in [3.63, 3.8) is 0 Å². The van der Waals surface area contributed by atoms with Gasteiger partial charge in [0.25, 0.3) is 0 Å². The van der Waals surface area contributed by atoms with E-state index in [2.05, 4.69) is 36.1 Å². The van der Waals surface area contributed by atoms with Crippen LogP contribution in [0.5, 0.6) is 0 Å². The van der Waals surface area contributed by atoms with E-state index in [0.29, 0.717) is 0 Å². The Morgan fingerprint density at radius 3 is 2.07 bits per heavy atom. The molecule has 2 fully saturated rings. The molecular formula is C15H12. The second-order valence-corrected chi connectivity index (χ2v) is 4.55. The molecule has 0 saturated heterocycles. The van der Waals surface area contributed by atoms with Crippen LogP contribution < -0.4 is 0 Å². The van der Waals surface area contributed by atoms with Crippen LogP contribution in [0.4, 0.5) is 0 Å². The molecule has 2 atom stereocenters. The molecule has 0 aliphatic heterocycles. The van der Waals surface area contributed by atoms with Gasteiger partial charge in [-0.3, -0.25) is 0 Å². The van der Waals surface area contributed by atoms with Gasteiger partial charge in [0.2, 0.25) is 0 Å². The lowest BCUT2D eigenvalue weighted by Gasteiger charge is -2.10. The largest absolute Gasteiger partial charge is 0.114 e. The molecule has 2 unspecified atom stereocenters. The molecule has 0 spiro atoms. The molecule has 3 aliphatic rings. The summed E-state index contributed by atoms with van der Waals surface area (Å²) < 4.78 is 0. The van der Waals surface area contributed by atoms with E-state index in [0.717, 1.165) is 5.57 Å². The molecule has 0 N–H and O–H groups in total. The van der Waals surface area contributed by atoms with E-state index in [-0.39, 0.29) is 10.8 Å². The molecule has 0 nitrogen and oxygen atoms in total. The molecule has 72 valence electrons. The van der Waals surface area contributed by atoms with Crippen LogP contribution in [0.3, 0.4) is 0 Å². The van der Waals surface area contributed by atoms with Crippen molar-refractivity contribution in [2.75, 3.05) is 0 Å². The van der Waals surface area contributed by atoms with Crippen molar-refractivity contribution >= 4 is 0 Å². The Bertz CT molecular complexity index is 457. The van der Waals surface area contributed by atoms with Crippen LogP contribution >= 0.6 is 0 Å². The summed E-state index contributed by atoms with van der Waals surface area (Å²) >= 11 is 0. The van der Waals surface area contributed by atoms with E-state index in [1.165, 1.54) is 24.8 Å². The second-order valence-electron chi connectivity index (χ2n) is 4.55. The third kappa shape index (κ3) is 0.736. The van der Waals surface area contributed by atoms with Crippen LogP contribution in [-0.2, 0) is 0 Å². The van der Waals surface area contributed by atoms with Gasteiger partial charge < -0.3 is 0 Å². The highest BCUT2D eigenvalue weighted by atomic mass is 14.7. The third-order valence-corrected chi connectivity index (χ3v) is 4.18. The average molecular weight is 192 g/mol. The number of terminal acetylenes is 2. The van der Waals surface area contributed by atoms with Gasteiger partial charge in [-0.15, -0.1) is 12.8 Å². The Kier molecular flexibility index (Phi) is 1.42. The number of hydrogen-bond acceptors (Lipinski definition) is 0. The maximum Gasteiger partial charge on any atom is 0.0749 e. The van der Waals surface area contributed by atoms with Crippen LogP contribution in [0.1, 0.15) is 19.3 Å². The van der Waals surface area contributed by atoms with Crippen molar-refractivity contribution in [3.8, 4) is 24.7 Å². The first-order chi connectivity index (χ1) is 7.31. The molecule has 0 aromatic rings. The molecule has 3 rings (SSSR count). The van der Waals surface area contributed by atoms with Crippen LogP contribution in [0.2, 0.25) is 0 Å². The summed E-state index contributed by atoms with van der Waals surface area (Å²) in [5.41, 5.74) is 2.52. The highest BCUT2D eigenvalue weighted by Gasteiger charge is 2.73. The summed E-state index contributed by atoms with van der Waals surface area (Å²) in [6, 6.07) is 0.